The summed E-state index contributed by atoms with van der Waals surface area (Å²) < 4.78 is 11.8. The lowest BCUT2D eigenvalue weighted by Gasteiger charge is -2.37. The second-order valence-corrected chi connectivity index (χ2v) is 11.1. The summed E-state index contributed by atoms with van der Waals surface area (Å²) in [7, 11) is 5.22. The number of aryl methyl sites for hydroxylation is 1. The van der Waals surface area contributed by atoms with Crippen molar-refractivity contribution in [2.24, 2.45) is 5.73 Å². The quantitative estimate of drug-likeness (QED) is 0.157. The van der Waals surface area contributed by atoms with Crippen molar-refractivity contribution < 1.29 is 23.5 Å². The lowest BCUT2D eigenvalue weighted by molar-refractivity contribution is -0.912. The van der Waals surface area contributed by atoms with Crippen molar-refractivity contribution in [1.29, 1.82) is 0 Å². The fourth-order valence-electron chi connectivity index (χ4n) is 5.08. The van der Waals surface area contributed by atoms with E-state index < -0.39 is 17.9 Å². The van der Waals surface area contributed by atoms with Crippen LogP contribution in [0.3, 0.4) is 0 Å². The standard InChI is InChI=1S/C33H36ClN3O4/c1-5-6-15-25-19-23-14-10-11-16-26(23)32(36-25)41-18-17-37(2,3)30(33(39)40-4)29-27(22-12-8-7-9-13-22)20-24(31(35)38)21-28(29)34/h7-14,16,19-21,30H,5-6,15,17-18H2,1-4H3,(H-,35,38)/p+1/t30-/m1/s1. The van der Waals surface area contributed by atoms with Gasteiger partial charge >= 0.3 is 5.97 Å². The third kappa shape index (κ3) is 6.87. The molecular weight excluding hydrogens is 538 g/mol. The lowest BCUT2D eigenvalue weighted by atomic mass is 9.91. The van der Waals surface area contributed by atoms with E-state index in [0.29, 0.717) is 30.2 Å². The van der Waals surface area contributed by atoms with E-state index in [1.807, 2.05) is 62.6 Å². The summed E-state index contributed by atoms with van der Waals surface area (Å²) in [5, 5.41) is 2.29. The molecule has 8 heteroatoms. The predicted molar refractivity (Wildman–Crippen MR) is 163 cm³/mol. The number of amides is 1. The number of nitrogens with two attached hydrogens (primary N) is 1. The SMILES string of the molecule is CCCCc1cc2ccccc2c(OCC[N+](C)(C)[C@@H](C(=O)OC)c2c(Cl)cc(C(N)=O)cc2-c2ccccc2)n1. The van der Waals surface area contributed by atoms with Crippen LogP contribution in [0.15, 0.2) is 72.8 Å². The highest BCUT2D eigenvalue weighted by Crippen LogP contribution is 2.40. The van der Waals surface area contributed by atoms with Gasteiger partial charge in [0.15, 0.2) is 0 Å². The number of methoxy groups -OCH3 is 1. The lowest BCUT2D eigenvalue weighted by Crippen LogP contribution is -2.49. The largest absolute Gasteiger partial charge is 0.471 e. The maximum absolute atomic E-state index is 13.4. The number of likely N-dealkylation sites (N-methyl/N-ethyl adjacent to an activating group) is 1. The number of fused-ring (bicyclic) bond motifs is 1. The van der Waals surface area contributed by atoms with Crippen LogP contribution in [0.1, 0.15) is 47.4 Å². The molecule has 0 saturated carbocycles. The molecule has 4 aromatic rings. The molecule has 41 heavy (non-hydrogen) atoms. The van der Waals surface area contributed by atoms with Gasteiger partial charge in [-0.1, -0.05) is 73.5 Å². The van der Waals surface area contributed by atoms with Gasteiger partial charge in [0, 0.05) is 22.2 Å². The van der Waals surface area contributed by atoms with Crippen molar-refractivity contribution in [1.82, 2.24) is 4.98 Å². The van der Waals surface area contributed by atoms with Gasteiger partial charge in [0.2, 0.25) is 17.8 Å². The number of carbonyl (C=O) groups is 2. The zero-order chi connectivity index (χ0) is 29.6. The average Bonchev–Trinajstić information content (AvgIpc) is 2.96. The van der Waals surface area contributed by atoms with Crippen LogP contribution in [0.25, 0.3) is 21.9 Å². The first kappa shape index (κ1) is 30.0. The van der Waals surface area contributed by atoms with Crippen molar-refractivity contribution >= 4 is 34.2 Å². The fraction of sp³-hybridized carbons (Fsp3) is 0.303. The van der Waals surface area contributed by atoms with Gasteiger partial charge in [-0.2, -0.15) is 0 Å². The van der Waals surface area contributed by atoms with Gasteiger partial charge in [0.1, 0.15) is 13.2 Å². The number of hydrogen-bond donors (Lipinski definition) is 1. The summed E-state index contributed by atoms with van der Waals surface area (Å²) in [5.74, 6) is -0.475. The van der Waals surface area contributed by atoms with Crippen LogP contribution in [0, 0.1) is 0 Å². The van der Waals surface area contributed by atoms with Crippen molar-refractivity contribution in [3.05, 3.63) is 94.6 Å². The van der Waals surface area contributed by atoms with Crippen LogP contribution in [0.4, 0.5) is 0 Å². The number of hydrogen-bond acceptors (Lipinski definition) is 5. The number of aromatic nitrogens is 1. The molecule has 0 aliphatic rings. The topological polar surface area (TPSA) is 91.5 Å². The molecule has 0 fully saturated rings. The van der Waals surface area contributed by atoms with Crippen LogP contribution in [0.2, 0.25) is 5.02 Å². The Labute approximate surface area is 246 Å². The van der Waals surface area contributed by atoms with Gasteiger partial charge in [-0.15, -0.1) is 0 Å². The maximum atomic E-state index is 13.4. The highest BCUT2D eigenvalue weighted by atomic mass is 35.5. The summed E-state index contributed by atoms with van der Waals surface area (Å²) in [6.07, 6.45) is 3.01. The second kappa shape index (κ2) is 13.1. The van der Waals surface area contributed by atoms with Gasteiger partial charge in [0.05, 0.1) is 26.2 Å². The highest BCUT2D eigenvalue weighted by Gasteiger charge is 2.41. The number of halogens is 1. The summed E-state index contributed by atoms with van der Waals surface area (Å²) in [5.41, 5.74) is 8.87. The number of unbranched alkanes of at least 4 members (excludes halogenated alkanes) is 1. The minimum absolute atomic E-state index is 0.176. The van der Waals surface area contributed by atoms with Gasteiger partial charge in [-0.05, 0) is 53.6 Å². The zero-order valence-electron chi connectivity index (χ0n) is 24.0. The van der Waals surface area contributed by atoms with Gasteiger partial charge in [-0.3, -0.25) is 4.79 Å². The Balaban J connectivity index is 1.70. The van der Waals surface area contributed by atoms with Crippen molar-refractivity contribution in [3.63, 3.8) is 0 Å². The first-order valence-electron chi connectivity index (χ1n) is 13.8. The van der Waals surface area contributed by atoms with Crippen LogP contribution in [-0.2, 0) is 16.0 Å². The van der Waals surface area contributed by atoms with E-state index in [1.54, 1.807) is 6.07 Å². The molecule has 0 radical (unpaired) electrons. The average molecular weight is 575 g/mol. The number of esters is 1. The van der Waals surface area contributed by atoms with E-state index in [0.717, 1.165) is 41.3 Å². The molecule has 1 atom stereocenters. The third-order valence-electron chi connectivity index (χ3n) is 7.35. The number of carbonyl (C=O) groups excluding carboxylic acids is 2. The molecule has 0 unspecified atom stereocenters. The monoisotopic (exact) mass is 574 g/mol. The van der Waals surface area contributed by atoms with E-state index in [1.165, 1.54) is 13.2 Å². The molecule has 1 aromatic heterocycles. The molecule has 214 valence electrons. The Morgan fingerprint density at radius 3 is 2.41 bits per heavy atom. The van der Waals surface area contributed by atoms with Crippen LogP contribution < -0.4 is 10.5 Å². The smallest absolute Gasteiger partial charge is 0.369 e. The van der Waals surface area contributed by atoms with Crippen LogP contribution in [0.5, 0.6) is 5.88 Å². The van der Waals surface area contributed by atoms with Crippen molar-refractivity contribution in [3.8, 4) is 17.0 Å². The summed E-state index contributed by atoms with van der Waals surface area (Å²) in [6, 6.07) is 22.0. The first-order valence-corrected chi connectivity index (χ1v) is 14.1. The van der Waals surface area contributed by atoms with Gasteiger partial charge in [-0.25, -0.2) is 9.78 Å². The Hall–Kier alpha value is -3.94. The normalized spacial score (nSPS) is 12.2. The number of pyridine rings is 1. The Morgan fingerprint density at radius 1 is 1.02 bits per heavy atom. The fourth-order valence-corrected chi connectivity index (χ4v) is 5.40. The number of benzene rings is 3. The first-order chi connectivity index (χ1) is 19.7. The molecule has 0 aliphatic heterocycles. The zero-order valence-corrected chi connectivity index (χ0v) is 24.8. The van der Waals surface area contributed by atoms with Crippen molar-refractivity contribution in [2.75, 3.05) is 34.4 Å². The molecule has 1 heterocycles. The number of ether oxygens (including phenoxy) is 2. The van der Waals surface area contributed by atoms with E-state index >= 15 is 0 Å². The molecule has 2 N–H and O–H groups in total. The molecule has 0 spiro atoms. The molecule has 1 amide bonds. The molecule has 3 aromatic carbocycles. The second-order valence-electron chi connectivity index (χ2n) is 10.7. The number of primary amides is 1. The molecule has 0 saturated heterocycles. The minimum atomic E-state index is -0.811. The van der Waals surface area contributed by atoms with Crippen LogP contribution >= 0.6 is 11.6 Å². The highest BCUT2D eigenvalue weighted by molar-refractivity contribution is 6.32. The molecule has 0 bridgehead atoms. The van der Waals surface area contributed by atoms with Gasteiger partial charge in [0.25, 0.3) is 0 Å². The Bertz CT molecular complexity index is 1540. The molecule has 7 nitrogen and oxygen atoms in total. The minimum Gasteiger partial charge on any atom is -0.471 e. The van der Waals surface area contributed by atoms with Gasteiger partial charge < -0.3 is 19.7 Å². The van der Waals surface area contributed by atoms with E-state index in [9.17, 15) is 9.59 Å². The van der Waals surface area contributed by atoms with E-state index in [2.05, 4.69) is 19.1 Å². The number of rotatable bonds is 12. The molecule has 0 aliphatic carbocycles. The summed E-state index contributed by atoms with van der Waals surface area (Å²) >= 11 is 6.82. The third-order valence-corrected chi connectivity index (χ3v) is 7.66. The summed E-state index contributed by atoms with van der Waals surface area (Å²) in [4.78, 5) is 30.3. The van der Waals surface area contributed by atoms with E-state index in [4.69, 9.17) is 31.8 Å². The maximum Gasteiger partial charge on any atom is 0.369 e. The predicted octanol–water partition coefficient (Wildman–Crippen LogP) is 6.37. The molecular formula is C33H37ClN3O4+. The van der Waals surface area contributed by atoms with E-state index in [-0.39, 0.29) is 15.1 Å². The number of quaternary nitrogens is 1. The van der Waals surface area contributed by atoms with Crippen molar-refractivity contribution in [2.45, 2.75) is 32.2 Å². The Morgan fingerprint density at radius 2 is 1.73 bits per heavy atom. The molecule has 4 rings (SSSR count). The Kier molecular flexibility index (Phi) is 9.63. The number of nitrogens with zero attached hydrogens (tertiary/aromatic N) is 2. The van der Waals surface area contributed by atoms with Crippen LogP contribution in [-0.4, -0.2) is 55.7 Å². The summed E-state index contributed by atoms with van der Waals surface area (Å²) in [6.45, 7) is 2.90.